The van der Waals surface area contributed by atoms with Crippen LogP contribution in [0.25, 0.3) is 0 Å². The van der Waals surface area contributed by atoms with Crippen molar-refractivity contribution in [2.75, 3.05) is 0 Å². The predicted octanol–water partition coefficient (Wildman–Crippen LogP) is -0.126. The summed E-state index contributed by atoms with van der Waals surface area (Å²) in [6.45, 7) is 0.651. The first kappa shape index (κ1) is 14.2. The van der Waals surface area contributed by atoms with Crippen LogP contribution in [0.3, 0.4) is 0 Å². The van der Waals surface area contributed by atoms with E-state index in [4.69, 9.17) is 0 Å². The van der Waals surface area contributed by atoms with Crippen molar-refractivity contribution >= 4 is 10.0 Å². The van der Waals surface area contributed by atoms with Crippen molar-refractivity contribution in [2.24, 2.45) is 7.05 Å². The molecule has 0 spiro atoms. The molecule has 21 heavy (non-hydrogen) atoms. The zero-order valence-electron chi connectivity index (χ0n) is 11.7. The minimum absolute atomic E-state index is 0.117. The number of rotatable bonds is 7. The molecule has 3 rings (SSSR count). The molecule has 2 heterocycles. The van der Waals surface area contributed by atoms with Crippen molar-refractivity contribution in [3.63, 3.8) is 0 Å². The second-order valence-electron chi connectivity index (χ2n) is 5.18. The highest BCUT2D eigenvalue weighted by Crippen LogP contribution is 2.20. The zero-order chi connectivity index (χ0) is 14.9. The van der Waals surface area contributed by atoms with Crippen molar-refractivity contribution in [3.8, 4) is 0 Å². The molecule has 0 aromatic carbocycles. The van der Waals surface area contributed by atoms with E-state index in [0.29, 0.717) is 23.8 Å². The standard InChI is InChI=1S/C12H18N6O2S/c1-18-5-4-11(17-18)8-15-21(19,20)12-9(7-14-16-12)6-13-10-2-3-10/h4-5,7,10,13,15H,2-3,6,8H2,1H3,(H,14,16). The number of nitrogens with one attached hydrogen (secondary N) is 3. The first-order valence-corrected chi connectivity index (χ1v) is 8.27. The van der Waals surface area contributed by atoms with Crippen LogP contribution in [0.5, 0.6) is 0 Å². The van der Waals surface area contributed by atoms with E-state index in [9.17, 15) is 8.42 Å². The second-order valence-corrected chi connectivity index (χ2v) is 6.89. The number of hydrogen-bond donors (Lipinski definition) is 3. The number of aryl methyl sites for hydroxylation is 1. The molecule has 0 saturated heterocycles. The molecule has 1 saturated carbocycles. The quantitative estimate of drug-likeness (QED) is 0.661. The van der Waals surface area contributed by atoms with Crippen LogP contribution in [0.2, 0.25) is 0 Å². The average Bonchev–Trinajstić information content (AvgIpc) is 2.97. The van der Waals surface area contributed by atoms with E-state index in [1.54, 1.807) is 30.2 Å². The topological polar surface area (TPSA) is 105 Å². The van der Waals surface area contributed by atoms with E-state index >= 15 is 0 Å². The molecule has 0 atom stereocenters. The van der Waals surface area contributed by atoms with Crippen LogP contribution in [0.4, 0.5) is 0 Å². The maximum absolute atomic E-state index is 12.3. The van der Waals surface area contributed by atoms with Crippen molar-refractivity contribution in [3.05, 3.63) is 29.7 Å². The maximum atomic E-state index is 12.3. The fourth-order valence-electron chi connectivity index (χ4n) is 2.00. The van der Waals surface area contributed by atoms with Gasteiger partial charge in [-0.3, -0.25) is 9.78 Å². The molecule has 9 heteroatoms. The van der Waals surface area contributed by atoms with Crippen LogP contribution < -0.4 is 10.0 Å². The highest BCUT2D eigenvalue weighted by atomic mass is 32.2. The Bertz CT molecular complexity index is 716. The molecule has 0 aliphatic heterocycles. The fraction of sp³-hybridized carbons (Fsp3) is 0.500. The third-order valence-corrected chi connectivity index (χ3v) is 4.73. The average molecular weight is 310 g/mol. The minimum Gasteiger partial charge on any atom is -0.310 e. The molecule has 1 aliphatic carbocycles. The zero-order valence-corrected chi connectivity index (χ0v) is 12.5. The highest BCUT2D eigenvalue weighted by Gasteiger charge is 2.24. The minimum atomic E-state index is -3.62. The second kappa shape index (κ2) is 5.58. The summed E-state index contributed by atoms with van der Waals surface area (Å²) in [4.78, 5) is 0. The summed E-state index contributed by atoms with van der Waals surface area (Å²) in [7, 11) is -1.84. The summed E-state index contributed by atoms with van der Waals surface area (Å²) in [6.07, 6.45) is 5.62. The lowest BCUT2D eigenvalue weighted by Crippen LogP contribution is -2.26. The molecule has 2 aromatic rings. The van der Waals surface area contributed by atoms with Gasteiger partial charge in [-0.05, 0) is 18.9 Å². The first-order chi connectivity index (χ1) is 10.0. The van der Waals surface area contributed by atoms with Crippen molar-refractivity contribution in [1.82, 2.24) is 30.0 Å². The molecular formula is C12H18N6O2S. The highest BCUT2D eigenvalue weighted by molar-refractivity contribution is 7.89. The van der Waals surface area contributed by atoms with E-state index in [0.717, 1.165) is 12.8 Å². The molecule has 0 radical (unpaired) electrons. The van der Waals surface area contributed by atoms with Gasteiger partial charge in [0, 0.05) is 31.4 Å². The van der Waals surface area contributed by atoms with Gasteiger partial charge < -0.3 is 5.32 Å². The van der Waals surface area contributed by atoms with Crippen LogP contribution in [0, 0.1) is 0 Å². The van der Waals surface area contributed by atoms with Gasteiger partial charge in [0.2, 0.25) is 0 Å². The van der Waals surface area contributed by atoms with Gasteiger partial charge >= 0.3 is 0 Å². The molecule has 1 fully saturated rings. The van der Waals surface area contributed by atoms with E-state index in [1.165, 1.54) is 0 Å². The molecule has 0 unspecified atom stereocenters. The summed E-state index contributed by atoms with van der Waals surface area (Å²) in [6, 6.07) is 2.28. The molecule has 3 N–H and O–H groups in total. The van der Waals surface area contributed by atoms with Crippen molar-refractivity contribution in [2.45, 2.75) is 37.0 Å². The molecule has 2 aromatic heterocycles. The molecule has 114 valence electrons. The van der Waals surface area contributed by atoms with Crippen LogP contribution in [-0.2, 0) is 30.2 Å². The summed E-state index contributed by atoms with van der Waals surface area (Å²) < 4.78 is 28.8. The lowest BCUT2D eigenvalue weighted by atomic mass is 10.3. The van der Waals surface area contributed by atoms with Gasteiger partial charge in [0.05, 0.1) is 18.4 Å². The van der Waals surface area contributed by atoms with Crippen LogP contribution in [0.15, 0.2) is 23.5 Å². The number of aromatic amines is 1. The lowest BCUT2D eigenvalue weighted by molar-refractivity contribution is 0.571. The normalized spacial score (nSPS) is 15.5. The number of aromatic nitrogens is 4. The Kier molecular flexibility index (Phi) is 3.79. The van der Waals surface area contributed by atoms with Gasteiger partial charge in [0.15, 0.2) is 5.03 Å². The Balaban J connectivity index is 1.67. The fourth-order valence-corrected chi connectivity index (χ4v) is 3.12. The van der Waals surface area contributed by atoms with Crippen molar-refractivity contribution < 1.29 is 8.42 Å². The summed E-state index contributed by atoms with van der Waals surface area (Å²) in [5.41, 5.74) is 1.31. The predicted molar refractivity (Wildman–Crippen MR) is 75.7 cm³/mol. The summed E-state index contributed by atoms with van der Waals surface area (Å²) in [5, 5.41) is 13.9. The Hall–Kier alpha value is -1.71. The van der Waals surface area contributed by atoms with E-state index in [-0.39, 0.29) is 11.6 Å². The summed E-state index contributed by atoms with van der Waals surface area (Å²) in [5.74, 6) is 0. The summed E-state index contributed by atoms with van der Waals surface area (Å²) >= 11 is 0. The third-order valence-electron chi connectivity index (χ3n) is 3.32. The van der Waals surface area contributed by atoms with Gasteiger partial charge in [-0.2, -0.15) is 10.2 Å². The molecule has 0 bridgehead atoms. The van der Waals surface area contributed by atoms with E-state index in [2.05, 4.69) is 25.3 Å². The Morgan fingerprint density at radius 3 is 2.90 bits per heavy atom. The molecule has 8 nitrogen and oxygen atoms in total. The largest absolute Gasteiger partial charge is 0.310 e. The van der Waals surface area contributed by atoms with Gasteiger partial charge in [-0.25, -0.2) is 13.1 Å². The van der Waals surface area contributed by atoms with Crippen molar-refractivity contribution in [1.29, 1.82) is 0 Å². The molecule has 1 aliphatic rings. The third kappa shape index (κ3) is 3.49. The van der Waals surface area contributed by atoms with Gasteiger partial charge in [0.25, 0.3) is 10.0 Å². The number of hydrogen-bond acceptors (Lipinski definition) is 5. The maximum Gasteiger partial charge on any atom is 0.258 e. The Morgan fingerprint density at radius 2 is 2.24 bits per heavy atom. The van der Waals surface area contributed by atoms with Crippen LogP contribution in [-0.4, -0.2) is 34.4 Å². The lowest BCUT2D eigenvalue weighted by Gasteiger charge is -2.06. The smallest absolute Gasteiger partial charge is 0.258 e. The van der Waals surface area contributed by atoms with Gasteiger partial charge in [-0.1, -0.05) is 0 Å². The SMILES string of the molecule is Cn1ccc(CNS(=O)(=O)c2[nH]ncc2CNC2CC2)n1. The molecule has 0 amide bonds. The monoisotopic (exact) mass is 310 g/mol. The van der Waals surface area contributed by atoms with Crippen LogP contribution >= 0.6 is 0 Å². The number of H-pyrrole nitrogens is 1. The number of sulfonamides is 1. The first-order valence-electron chi connectivity index (χ1n) is 6.78. The Morgan fingerprint density at radius 1 is 1.43 bits per heavy atom. The number of nitrogens with zero attached hydrogens (tertiary/aromatic N) is 3. The van der Waals surface area contributed by atoms with Gasteiger partial charge in [0.1, 0.15) is 0 Å². The van der Waals surface area contributed by atoms with Gasteiger partial charge in [-0.15, -0.1) is 0 Å². The Labute approximate surface area is 123 Å². The van der Waals surface area contributed by atoms with Crippen LogP contribution in [0.1, 0.15) is 24.1 Å². The van der Waals surface area contributed by atoms with E-state index in [1.807, 2.05) is 0 Å². The molecular weight excluding hydrogens is 292 g/mol. The van der Waals surface area contributed by atoms with E-state index < -0.39 is 10.0 Å².